The van der Waals surface area contributed by atoms with Crippen molar-refractivity contribution in [3.8, 4) is 11.5 Å². The molecule has 3 N–H and O–H groups in total. The van der Waals surface area contributed by atoms with Crippen molar-refractivity contribution in [2.45, 2.75) is 13.0 Å². The van der Waals surface area contributed by atoms with Crippen molar-refractivity contribution in [2.24, 2.45) is 0 Å². The van der Waals surface area contributed by atoms with E-state index in [1.54, 1.807) is 19.2 Å². The third kappa shape index (κ3) is 4.32. The van der Waals surface area contributed by atoms with Gasteiger partial charge in [-0.1, -0.05) is 6.07 Å². The lowest BCUT2D eigenvalue weighted by molar-refractivity contribution is -0.120. The first-order valence-corrected chi connectivity index (χ1v) is 5.44. The van der Waals surface area contributed by atoms with Gasteiger partial charge in [0.25, 0.3) is 0 Å². The number of carbonyl (C=O) groups is 1. The molecular weight excluding hydrogens is 220 g/mol. The molecular formula is C12H18N2O3. The molecule has 0 fully saturated rings. The van der Waals surface area contributed by atoms with Gasteiger partial charge in [-0.2, -0.15) is 0 Å². The second kappa shape index (κ2) is 6.75. The highest BCUT2D eigenvalue weighted by atomic mass is 16.5. The van der Waals surface area contributed by atoms with Crippen LogP contribution in [0.15, 0.2) is 18.2 Å². The van der Waals surface area contributed by atoms with Gasteiger partial charge in [0.1, 0.15) is 0 Å². The van der Waals surface area contributed by atoms with E-state index in [1.165, 1.54) is 7.11 Å². The number of amides is 1. The van der Waals surface area contributed by atoms with Gasteiger partial charge >= 0.3 is 0 Å². The van der Waals surface area contributed by atoms with Crippen molar-refractivity contribution in [2.75, 3.05) is 20.7 Å². The zero-order chi connectivity index (χ0) is 12.7. The number of carbonyl (C=O) groups excluding carboxylic acids is 1. The van der Waals surface area contributed by atoms with Gasteiger partial charge in [-0.05, 0) is 17.7 Å². The lowest BCUT2D eigenvalue weighted by atomic mass is 10.2. The summed E-state index contributed by atoms with van der Waals surface area (Å²) in [7, 11) is 3.13. The Morgan fingerprint density at radius 1 is 1.47 bits per heavy atom. The molecule has 0 radical (unpaired) electrons. The molecule has 0 atom stereocenters. The average Bonchev–Trinajstić information content (AvgIpc) is 2.36. The van der Waals surface area contributed by atoms with E-state index < -0.39 is 0 Å². The van der Waals surface area contributed by atoms with Crippen LogP contribution in [-0.2, 0) is 11.3 Å². The average molecular weight is 238 g/mol. The lowest BCUT2D eigenvalue weighted by Crippen LogP contribution is -2.24. The van der Waals surface area contributed by atoms with Crippen molar-refractivity contribution in [3.05, 3.63) is 23.8 Å². The largest absolute Gasteiger partial charge is 0.504 e. The van der Waals surface area contributed by atoms with Crippen LogP contribution in [0, 0.1) is 0 Å². The monoisotopic (exact) mass is 238 g/mol. The molecule has 0 aliphatic carbocycles. The van der Waals surface area contributed by atoms with Crippen molar-refractivity contribution in [1.29, 1.82) is 0 Å². The van der Waals surface area contributed by atoms with E-state index in [1.807, 2.05) is 6.07 Å². The van der Waals surface area contributed by atoms with E-state index in [-0.39, 0.29) is 11.7 Å². The zero-order valence-electron chi connectivity index (χ0n) is 10.1. The Morgan fingerprint density at radius 3 is 2.88 bits per heavy atom. The summed E-state index contributed by atoms with van der Waals surface area (Å²) in [5, 5.41) is 15.1. The van der Waals surface area contributed by atoms with Crippen LogP contribution < -0.4 is 15.4 Å². The quantitative estimate of drug-likeness (QED) is 0.636. The molecule has 0 aromatic heterocycles. The summed E-state index contributed by atoms with van der Waals surface area (Å²) in [6.07, 6.45) is 0.450. The van der Waals surface area contributed by atoms with Gasteiger partial charge in [0.05, 0.1) is 7.11 Å². The standard InChI is InChI=1S/C12H18N2O3/c1-13-12(16)5-6-14-8-9-3-4-10(15)11(7-9)17-2/h3-4,7,14-15H,5-6,8H2,1-2H3,(H,13,16). The molecule has 0 aliphatic heterocycles. The maximum atomic E-state index is 11.0. The van der Waals surface area contributed by atoms with E-state index in [9.17, 15) is 9.90 Å². The Morgan fingerprint density at radius 2 is 2.24 bits per heavy atom. The van der Waals surface area contributed by atoms with Gasteiger partial charge in [-0.15, -0.1) is 0 Å². The van der Waals surface area contributed by atoms with Crippen LogP contribution in [0.1, 0.15) is 12.0 Å². The Labute approximate surface area is 101 Å². The summed E-state index contributed by atoms with van der Waals surface area (Å²) in [5.41, 5.74) is 0.997. The van der Waals surface area contributed by atoms with Crippen molar-refractivity contribution in [3.63, 3.8) is 0 Å². The van der Waals surface area contributed by atoms with Crippen LogP contribution in [0.4, 0.5) is 0 Å². The molecule has 1 amide bonds. The number of nitrogens with one attached hydrogen (secondary N) is 2. The first-order valence-electron chi connectivity index (χ1n) is 5.44. The summed E-state index contributed by atoms with van der Waals surface area (Å²) in [6, 6.07) is 5.17. The number of phenols is 1. The Hall–Kier alpha value is -1.75. The maximum absolute atomic E-state index is 11.0. The molecule has 5 nitrogen and oxygen atoms in total. The van der Waals surface area contributed by atoms with Crippen LogP contribution >= 0.6 is 0 Å². The lowest BCUT2D eigenvalue weighted by Gasteiger charge is -2.07. The topological polar surface area (TPSA) is 70.6 Å². The van der Waals surface area contributed by atoms with Gasteiger partial charge in [0, 0.05) is 26.6 Å². The highest BCUT2D eigenvalue weighted by Crippen LogP contribution is 2.25. The van der Waals surface area contributed by atoms with Crippen molar-refractivity contribution < 1.29 is 14.6 Å². The predicted octanol–water partition coefficient (Wildman–Crippen LogP) is 0.626. The minimum absolute atomic E-state index is 0.0146. The molecule has 0 spiro atoms. The summed E-state index contributed by atoms with van der Waals surface area (Å²) in [4.78, 5) is 11.0. The highest BCUT2D eigenvalue weighted by Gasteiger charge is 2.02. The first-order chi connectivity index (χ1) is 8.17. The van der Waals surface area contributed by atoms with Gasteiger partial charge in [0.15, 0.2) is 11.5 Å². The summed E-state index contributed by atoms with van der Waals surface area (Å²) in [5.74, 6) is 0.595. The van der Waals surface area contributed by atoms with Gasteiger partial charge < -0.3 is 20.5 Å². The third-order valence-electron chi connectivity index (χ3n) is 2.38. The van der Waals surface area contributed by atoms with E-state index in [0.717, 1.165) is 5.56 Å². The molecule has 0 aliphatic rings. The fourth-order valence-electron chi connectivity index (χ4n) is 1.39. The second-order valence-corrected chi connectivity index (χ2v) is 3.61. The number of methoxy groups -OCH3 is 1. The van der Waals surface area contributed by atoms with Crippen molar-refractivity contribution in [1.82, 2.24) is 10.6 Å². The van der Waals surface area contributed by atoms with E-state index in [2.05, 4.69) is 10.6 Å². The fourth-order valence-corrected chi connectivity index (χ4v) is 1.39. The number of hydrogen-bond donors (Lipinski definition) is 3. The normalized spacial score (nSPS) is 10.0. The molecule has 94 valence electrons. The Kier molecular flexibility index (Phi) is 5.29. The molecule has 1 aromatic rings. The summed E-state index contributed by atoms with van der Waals surface area (Å²) < 4.78 is 5.01. The molecule has 0 bridgehead atoms. The molecule has 1 rings (SSSR count). The summed E-state index contributed by atoms with van der Waals surface area (Å²) >= 11 is 0. The van der Waals surface area contributed by atoms with Crippen LogP contribution in [0.25, 0.3) is 0 Å². The molecule has 0 unspecified atom stereocenters. The van der Waals surface area contributed by atoms with E-state index >= 15 is 0 Å². The Balaban J connectivity index is 2.39. The minimum atomic E-state index is 0.0146. The Bertz CT molecular complexity index is 380. The van der Waals surface area contributed by atoms with Gasteiger partial charge in [-0.3, -0.25) is 4.79 Å². The number of rotatable bonds is 6. The van der Waals surface area contributed by atoms with Gasteiger partial charge in [-0.25, -0.2) is 0 Å². The first kappa shape index (κ1) is 13.3. The highest BCUT2D eigenvalue weighted by molar-refractivity contribution is 5.75. The van der Waals surface area contributed by atoms with E-state index in [0.29, 0.717) is 25.3 Å². The third-order valence-corrected chi connectivity index (χ3v) is 2.38. The predicted molar refractivity (Wildman–Crippen MR) is 65.0 cm³/mol. The molecule has 17 heavy (non-hydrogen) atoms. The zero-order valence-corrected chi connectivity index (χ0v) is 10.1. The number of phenolic OH excluding ortho intramolecular Hbond substituents is 1. The number of ether oxygens (including phenoxy) is 1. The van der Waals surface area contributed by atoms with Crippen molar-refractivity contribution >= 4 is 5.91 Å². The van der Waals surface area contributed by atoms with Crippen LogP contribution in [0.5, 0.6) is 11.5 Å². The molecule has 1 aromatic carbocycles. The molecule has 5 heteroatoms. The van der Waals surface area contributed by atoms with Crippen LogP contribution in [0.3, 0.4) is 0 Å². The maximum Gasteiger partial charge on any atom is 0.221 e. The molecule has 0 saturated heterocycles. The number of aromatic hydroxyl groups is 1. The fraction of sp³-hybridized carbons (Fsp3) is 0.417. The molecule has 0 saturated carbocycles. The van der Waals surface area contributed by atoms with Gasteiger partial charge in [0.2, 0.25) is 5.91 Å². The smallest absolute Gasteiger partial charge is 0.221 e. The SMILES string of the molecule is CNC(=O)CCNCc1ccc(O)c(OC)c1. The van der Waals surface area contributed by atoms with Crippen LogP contribution in [0.2, 0.25) is 0 Å². The minimum Gasteiger partial charge on any atom is -0.504 e. The second-order valence-electron chi connectivity index (χ2n) is 3.61. The number of hydrogen-bond acceptors (Lipinski definition) is 4. The number of benzene rings is 1. The van der Waals surface area contributed by atoms with Crippen LogP contribution in [-0.4, -0.2) is 31.7 Å². The van der Waals surface area contributed by atoms with E-state index in [4.69, 9.17) is 4.74 Å². The molecule has 0 heterocycles. The summed E-state index contributed by atoms with van der Waals surface area (Å²) in [6.45, 7) is 1.25.